The Hall–Kier alpha value is -0.880. The molecule has 1 aliphatic heterocycles. The number of ether oxygens (including phenoxy) is 1. The van der Waals surface area contributed by atoms with Crippen LogP contribution in [0, 0.1) is 5.41 Å². The van der Waals surface area contributed by atoms with Crippen LogP contribution in [0.25, 0.3) is 0 Å². The summed E-state index contributed by atoms with van der Waals surface area (Å²) in [5, 5.41) is 1.88. The highest BCUT2D eigenvalue weighted by Gasteiger charge is 2.49. The lowest BCUT2D eigenvalue weighted by Gasteiger charge is -2.31. The van der Waals surface area contributed by atoms with E-state index in [1.54, 1.807) is 0 Å². The van der Waals surface area contributed by atoms with Crippen LogP contribution in [0.4, 0.5) is 0 Å². The van der Waals surface area contributed by atoms with E-state index >= 15 is 0 Å². The van der Waals surface area contributed by atoms with Crippen LogP contribution < -0.4 is 0 Å². The zero-order valence-electron chi connectivity index (χ0n) is 12.0. The van der Waals surface area contributed by atoms with Gasteiger partial charge in [0, 0.05) is 11.3 Å². The average molecular weight is 316 g/mol. The summed E-state index contributed by atoms with van der Waals surface area (Å²) in [6.45, 7) is 5.56. The molecule has 1 aliphatic rings. The molecule has 0 aromatic carbocycles. The molecule has 6 heteroatoms. The highest BCUT2D eigenvalue weighted by atomic mass is 32.2. The van der Waals surface area contributed by atoms with Gasteiger partial charge in [-0.05, 0) is 31.7 Å². The first-order chi connectivity index (χ1) is 9.21. The number of hydrogen-bond acceptors (Lipinski definition) is 5. The van der Waals surface area contributed by atoms with Gasteiger partial charge in [0.15, 0.2) is 15.4 Å². The fraction of sp³-hybridized carbons (Fsp3) is 0.643. The van der Waals surface area contributed by atoms with Crippen molar-refractivity contribution in [1.82, 2.24) is 0 Å². The van der Waals surface area contributed by atoms with Gasteiger partial charge >= 0.3 is 5.97 Å². The van der Waals surface area contributed by atoms with E-state index < -0.39 is 20.9 Å². The van der Waals surface area contributed by atoms with Gasteiger partial charge in [0.2, 0.25) is 0 Å². The lowest BCUT2D eigenvalue weighted by Crippen LogP contribution is -2.38. The number of sulfone groups is 1. The predicted molar refractivity (Wildman–Crippen MR) is 79.4 cm³/mol. The van der Waals surface area contributed by atoms with Crippen molar-refractivity contribution >= 4 is 27.1 Å². The normalized spacial score (nSPS) is 25.6. The van der Waals surface area contributed by atoms with Crippen molar-refractivity contribution in [2.75, 3.05) is 11.5 Å². The topological polar surface area (TPSA) is 60.4 Å². The molecule has 0 spiro atoms. The van der Waals surface area contributed by atoms with Crippen LogP contribution in [0.5, 0.6) is 0 Å². The van der Waals surface area contributed by atoms with Gasteiger partial charge in [-0.3, -0.25) is 4.79 Å². The molecule has 1 unspecified atom stereocenters. The van der Waals surface area contributed by atoms with Crippen molar-refractivity contribution in [3.63, 3.8) is 0 Å². The van der Waals surface area contributed by atoms with Crippen molar-refractivity contribution in [2.45, 2.75) is 39.2 Å². The molecule has 1 saturated heterocycles. The molecule has 0 saturated carbocycles. The van der Waals surface area contributed by atoms with Gasteiger partial charge in [-0.1, -0.05) is 13.0 Å². The van der Waals surface area contributed by atoms with E-state index in [-0.39, 0.29) is 17.5 Å². The minimum absolute atomic E-state index is 0.0741. The molecule has 1 aromatic rings. The van der Waals surface area contributed by atoms with Crippen LogP contribution in [0.3, 0.4) is 0 Å². The van der Waals surface area contributed by atoms with Gasteiger partial charge in [0.1, 0.15) is 0 Å². The highest BCUT2D eigenvalue weighted by molar-refractivity contribution is 7.91. The molecule has 1 atom stereocenters. The van der Waals surface area contributed by atoms with Crippen LogP contribution in [0.1, 0.15) is 38.5 Å². The SMILES string of the molecule is CCC(C)(C)C(=O)OC1(c2cccs2)CCS(=O)(=O)C1. The first kappa shape index (κ1) is 15.5. The summed E-state index contributed by atoms with van der Waals surface area (Å²) in [6.07, 6.45) is 1.00. The molecule has 1 aromatic heterocycles. The number of rotatable bonds is 4. The van der Waals surface area contributed by atoms with E-state index in [4.69, 9.17) is 4.74 Å². The van der Waals surface area contributed by atoms with Crippen LogP contribution in [-0.4, -0.2) is 25.9 Å². The summed E-state index contributed by atoms with van der Waals surface area (Å²) in [7, 11) is -3.15. The maximum Gasteiger partial charge on any atom is 0.312 e. The summed E-state index contributed by atoms with van der Waals surface area (Å²) in [5.74, 6) is -0.359. The molecule has 0 bridgehead atoms. The molecule has 2 heterocycles. The standard InChI is InChI=1S/C14H20O4S2/c1-4-13(2,3)12(15)18-14(11-6-5-8-19-11)7-9-20(16,17)10-14/h5-6,8H,4,7,9-10H2,1-3H3. The third kappa shape index (κ3) is 2.91. The maximum absolute atomic E-state index is 12.4. The highest BCUT2D eigenvalue weighted by Crippen LogP contribution is 2.41. The van der Waals surface area contributed by atoms with E-state index in [1.165, 1.54) is 11.3 Å². The van der Waals surface area contributed by atoms with Gasteiger partial charge in [-0.15, -0.1) is 11.3 Å². The van der Waals surface area contributed by atoms with Crippen molar-refractivity contribution < 1.29 is 17.9 Å². The Kier molecular flexibility index (Phi) is 3.99. The second kappa shape index (κ2) is 5.15. The van der Waals surface area contributed by atoms with E-state index in [2.05, 4.69) is 0 Å². The minimum atomic E-state index is -3.15. The molecular weight excluding hydrogens is 296 g/mol. The lowest BCUT2D eigenvalue weighted by molar-refractivity contribution is -0.169. The third-order valence-electron chi connectivity index (χ3n) is 3.96. The fourth-order valence-electron chi connectivity index (χ4n) is 2.14. The Morgan fingerprint density at radius 2 is 2.20 bits per heavy atom. The Labute approximate surface area is 124 Å². The second-order valence-electron chi connectivity index (χ2n) is 5.94. The number of carbonyl (C=O) groups is 1. The lowest BCUT2D eigenvalue weighted by atomic mass is 9.90. The van der Waals surface area contributed by atoms with Crippen LogP contribution >= 0.6 is 11.3 Å². The van der Waals surface area contributed by atoms with E-state index in [9.17, 15) is 13.2 Å². The molecule has 0 N–H and O–H groups in total. The van der Waals surface area contributed by atoms with Gasteiger partial charge in [-0.25, -0.2) is 8.42 Å². The van der Waals surface area contributed by atoms with Crippen molar-refractivity contribution in [3.8, 4) is 0 Å². The molecule has 2 rings (SSSR count). The average Bonchev–Trinajstić information content (AvgIpc) is 2.98. The van der Waals surface area contributed by atoms with Gasteiger partial charge in [0.25, 0.3) is 0 Å². The van der Waals surface area contributed by atoms with Gasteiger partial charge in [-0.2, -0.15) is 0 Å². The largest absolute Gasteiger partial charge is 0.452 e. The van der Waals surface area contributed by atoms with Crippen molar-refractivity contribution in [1.29, 1.82) is 0 Å². The summed E-state index contributed by atoms with van der Waals surface area (Å²) in [6, 6.07) is 3.70. The van der Waals surface area contributed by atoms with E-state index in [0.29, 0.717) is 12.8 Å². The first-order valence-corrected chi connectivity index (χ1v) is 9.39. The van der Waals surface area contributed by atoms with Gasteiger partial charge < -0.3 is 4.74 Å². The monoisotopic (exact) mass is 316 g/mol. The second-order valence-corrected chi connectivity index (χ2v) is 9.07. The van der Waals surface area contributed by atoms with Crippen molar-refractivity contribution in [3.05, 3.63) is 22.4 Å². The maximum atomic E-state index is 12.4. The van der Waals surface area contributed by atoms with E-state index in [1.807, 2.05) is 38.3 Å². The zero-order chi connectivity index (χ0) is 15.0. The molecule has 0 radical (unpaired) electrons. The Balaban J connectivity index is 2.33. The number of carbonyl (C=O) groups excluding carboxylic acids is 1. The van der Waals surface area contributed by atoms with Gasteiger partial charge in [0.05, 0.1) is 16.9 Å². The number of thiophene rings is 1. The minimum Gasteiger partial charge on any atom is -0.452 e. The molecule has 4 nitrogen and oxygen atoms in total. The molecule has 1 fully saturated rings. The van der Waals surface area contributed by atoms with Crippen LogP contribution in [0.15, 0.2) is 17.5 Å². The van der Waals surface area contributed by atoms with Crippen LogP contribution in [-0.2, 0) is 25.0 Å². The molecule has 20 heavy (non-hydrogen) atoms. The molecular formula is C14H20O4S2. The smallest absolute Gasteiger partial charge is 0.312 e. The Bertz CT molecular complexity index is 587. The fourth-order valence-corrected chi connectivity index (χ4v) is 4.98. The van der Waals surface area contributed by atoms with E-state index in [0.717, 1.165) is 4.88 Å². The molecule has 112 valence electrons. The summed E-state index contributed by atoms with van der Waals surface area (Å²) in [5.41, 5.74) is -1.59. The quantitative estimate of drug-likeness (QED) is 0.801. The predicted octanol–water partition coefficient (Wildman–Crippen LogP) is 2.74. The summed E-state index contributed by atoms with van der Waals surface area (Å²) < 4.78 is 29.4. The zero-order valence-corrected chi connectivity index (χ0v) is 13.6. The van der Waals surface area contributed by atoms with Crippen LogP contribution in [0.2, 0.25) is 0 Å². The molecule has 0 amide bonds. The first-order valence-electron chi connectivity index (χ1n) is 6.69. The Morgan fingerprint density at radius 3 is 2.65 bits per heavy atom. The van der Waals surface area contributed by atoms with Crippen molar-refractivity contribution in [2.24, 2.45) is 5.41 Å². The Morgan fingerprint density at radius 1 is 1.50 bits per heavy atom. The number of esters is 1. The summed E-state index contributed by atoms with van der Waals surface area (Å²) >= 11 is 1.44. The molecule has 0 aliphatic carbocycles. The third-order valence-corrected chi connectivity index (χ3v) is 6.75. The number of hydrogen-bond donors (Lipinski definition) is 0. The summed E-state index contributed by atoms with van der Waals surface area (Å²) in [4.78, 5) is 13.2.